The van der Waals surface area contributed by atoms with Crippen molar-refractivity contribution in [2.45, 2.75) is 31.9 Å². The van der Waals surface area contributed by atoms with Gasteiger partial charge in [0.15, 0.2) is 0 Å². The van der Waals surface area contributed by atoms with Gasteiger partial charge >= 0.3 is 6.18 Å². The lowest BCUT2D eigenvalue weighted by Gasteiger charge is -2.39. The van der Waals surface area contributed by atoms with E-state index in [9.17, 15) is 13.2 Å². The van der Waals surface area contributed by atoms with E-state index in [-0.39, 0.29) is 0 Å². The van der Waals surface area contributed by atoms with E-state index in [0.29, 0.717) is 24.9 Å². The van der Waals surface area contributed by atoms with Gasteiger partial charge in [-0.05, 0) is 31.2 Å². The van der Waals surface area contributed by atoms with Crippen LogP contribution in [0.5, 0.6) is 0 Å². The van der Waals surface area contributed by atoms with Crippen LogP contribution in [0.2, 0.25) is 0 Å². The van der Waals surface area contributed by atoms with Crippen molar-refractivity contribution in [2.24, 2.45) is 17.6 Å². The van der Waals surface area contributed by atoms with Crippen molar-refractivity contribution in [3.63, 3.8) is 0 Å². The Balaban J connectivity index is 1.73. The molecular weight excluding hydrogens is 267 g/mol. The van der Waals surface area contributed by atoms with Gasteiger partial charge in [0.25, 0.3) is 0 Å². The second kappa shape index (κ2) is 7.09. The first-order chi connectivity index (χ1) is 9.48. The number of hydrogen-bond donors (Lipinski definition) is 1. The van der Waals surface area contributed by atoms with Crippen molar-refractivity contribution >= 4 is 0 Å². The number of rotatable bonds is 4. The average molecular weight is 293 g/mol. The molecule has 0 bridgehead atoms. The summed E-state index contributed by atoms with van der Waals surface area (Å²) in [5.41, 5.74) is 5.84. The van der Waals surface area contributed by atoms with Gasteiger partial charge in [0.1, 0.15) is 0 Å². The highest BCUT2D eigenvalue weighted by atomic mass is 19.4. The third kappa shape index (κ3) is 4.90. The predicted molar refractivity (Wildman–Crippen MR) is 73.4 cm³/mol. The maximum atomic E-state index is 12.3. The smallest absolute Gasteiger partial charge is 0.330 e. The Kier molecular flexibility index (Phi) is 5.69. The lowest BCUT2D eigenvalue weighted by atomic mass is 9.79. The topological polar surface area (TPSA) is 32.5 Å². The third-order valence-electron chi connectivity index (χ3n) is 4.73. The Morgan fingerprint density at radius 2 is 1.45 bits per heavy atom. The van der Waals surface area contributed by atoms with Crippen LogP contribution >= 0.6 is 0 Å². The Bertz CT molecular complexity index is 288. The van der Waals surface area contributed by atoms with Crippen molar-refractivity contribution in [1.29, 1.82) is 0 Å². The molecule has 1 aliphatic heterocycles. The number of piperazine rings is 1. The molecule has 0 aromatic heterocycles. The van der Waals surface area contributed by atoms with Crippen molar-refractivity contribution in [3.8, 4) is 0 Å². The fourth-order valence-corrected chi connectivity index (χ4v) is 3.55. The molecule has 118 valence electrons. The molecule has 20 heavy (non-hydrogen) atoms. The standard InChI is InChI=1S/C14H26F3N3/c15-14(16,17)11-20-7-5-19(6-8-20)10-13-4-2-1-3-12(13)9-18/h12-13H,1-11,18H2. The Morgan fingerprint density at radius 1 is 0.900 bits per heavy atom. The van der Waals surface area contributed by atoms with Crippen LogP contribution < -0.4 is 5.73 Å². The molecule has 6 heteroatoms. The second-order valence-electron chi connectivity index (χ2n) is 6.23. The van der Waals surface area contributed by atoms with Crippen LogP contribution in [-0.4, -0.2) is 61.8 Å². The van der Waals surface area contributed by atoms with E-state index in [4.69, 9.17) is 5.73 Å². The van der Waals surface area contributed by atoms with E-state index in [0.717, 1.165) is 26.2 Å². The van der Waals surface area contributed by atoms with Crippen molar-refractivity contribution in [3.05, 3.63) is 0 Å². The van der Waals surface area contributed by atoms with Crippen LogP contribution in [0, 0.1) is 11.8 Å². The van der Waals surface area contributed by atoms with E-state index in [1.165, 1.54) is 30.6 Å². The molecular formula is C14H26F3N3. The highest BCUT2D eigenvalue weighted by Crippen LogP contribution is 2.30. The zero-order valence-corrected chi connectivity index (χ0v) is 12.0. The van der Waals surface area contributed by atoms with Gasteiger partial charge in [-0.25, -0.2) is 0 Å². The quantitative estimate of drug-likeness (QED) is 0.859. The molecule has 1 aliphatic carbocycles. The van der Waals surface area contributed by atoms with Crippen LogP contribution in [0.25, 0.3) is 0 Å². The van der Waals surface area contributed by atoms with E-state index in [1.54, 1.807) is 0 Å². The van der Waals surface area contributed by atoms with Gasteiger partial charge in [-0.3, -0.25) is 4.90 Å². The Morgan fingerprint density at radius 3 is 2.00 bits per heavy atom. The largest absolute Gasteiger partial charge is 0.401 e. The summed E-state index contributed by atoms with van der Waals surface area (Å²) < 4.78 is 37.0. The molecule has 0 spiro atoms. The maximum Gasteiger partial charge on any atom is 0.401 e. The third-order valence-corrected chi connectivity index (χ3v) is 4.73. The van der Waals surface area contributed by atoms with Crippen LogP contribution in [0.3, 0.4) is 0 Å². The minimum absolute atomic E-state index is 0.527. The lowest BCUT2D eigenvalue weighted by molar-refractivity contribution is -0.149. The van der Waals surface area contributed by atoms with Crippen molar-refractivity contribution in [1.82, 2.24) is 9.80 Å². The van der Waals surface area contributed by atoms with Gasteiger partial charge in [0.05, 0.1) is 6.54 Å². The molecule has 2 rings (SSSR count). The summed E-state index contributed by atoms with van der Waals surface area (Å²) in [6.07, 6.45) is 0.920. The van der Waals surface area contributed by atoms with Gasteiger partial charge < -0.3 is 10.6 Å². The molecule has 2 aliphatic rings. The summed E-state index contributed by atoms with van der Waals surface area (Å²) in [4.78, 5) is 3.84. The van der Waals surface area contributed by atoms with Crippen LogP contribution in [0.1, 0.15) is 25.7 Å². The molecule has 3 nitrogen and oxygen atoms in total. The summed E-state index contributed by atoms with van der Waals surface area (Å²) in [6, 6.07) is 0. The molecule has 2 N–H and O–H groups in total. The Labute approximate surface area is 119 Å². The first-order valence-corrected chi connectivity index (χ1v) is 7.69. The van der Waals surface area contributed by atoms with Gasteiger partial charge in [-0.15, -0.1) is 0 Å². The molecule has 2 fully saturated rings. The molecule has 2 atom stereocenters. The number of hydrogen-bond acceptors (Lipinski definition) is 3. The number of nitrogens with zero attached hydrogens (tertiary/aromatic N) is 2. The molecule has 0 aromatic carbocycles. The van der Waals surface area contributed by atoms with Crippen molar-refractivity contribution in [2.75, 3.05) is 45.8 Å². The molecule has 2 unspecified atom stereocenters. The van der Waals surface area contributed by atoms with Gasteiger partial charge in [-0.1, -0.05) is 12.8 Å². The summed E-state index contributed by atoms with van der Waals surface area (Å²) in [5, 5.41) is 0. The molecule has 0 amide bonds. The molecule has 0 radical (unpaired) electrons. The Hall–Kier alpha value is -0.330. The summed E-state index contributed by atoms with van der Waals surface area (Å²) in [7, 11) is 0. The average Bonchev–Trinajstić information content (AvgIpc) is 2.40. The molecule has 1 saturated heterocycles. The van der Waals surface area contributed by atoms with Crippen LogP contribution in [0.4, 0.5) is 13.2 Å². The zero-order valence-electron chi connectivity index (χ0n) is 12.0. The van der Waals surface area contributed by atoms with Crippen LogP contribution in [0.15, 0.2) is 0 Å². The van der Waals surface area contributed by atoms with Crippen LogP contribution in [-0.2, 0) is 0 Å². The summed E-state index contributed by atoms with van der Waals surface area (Å²) >= 11 is 0. The summed E-state index contributed by atoms with van der Waals surface area (Å²) in [6.45, 7) is 3.56. The minimum Gasteiger partial charge on any atom is -0.330 e. The lowest BCUT2D eigenvalue weighted by Crippen LogP contribution is -2.51. The van der Waals surface area contributed by atoms with Crippen molar-refractivity contribution < 1.29 is 13.2 Å². The van der Waals surface area contributed by atoms with E-state index < -0.39 is 12.7 Å². The first-order valence-electron chi connectivity index (χ1n) is 7.69. The fraction of sp³-hybridized carbons (Fsp3) is 1.00. The fourth-order valence-electron chi connectivity index (χ4n) is 3.55. The molecule has 1 saturated carbocycles. The van der Waals surface area contributed by atoms with E-state index in [2.05, 4.69) is 4.90 Å². The second-order valence-corrected chi connectivity index (χ2v) is 6.23. The van der Waals surface area contributed by atoms with Gasteiger partial charge in [0.2, 0.25) is 0 Å². The van der Waals surface area contributed by atoms with Gasteiger partial charge in [-0.2, -0.15) is 13.2 Å². The highest BCUT2D eigenvalue weighted by molar-refractivity contribution is 4.81. The minimum atomic E-state index is -4.07. The van der Waals surface area contributed by atoms with E-state index in [1.807, 2.05) is 0 Å². The molecule has 0 aromatic rings. The SMILES string of the molecule is NCC1CCCCC1CN1CCN(CC(F)(F)F)CC1. The number of halogens is 3. The number of nitrogens with two attached hydrogens (primary N) is 1. The maximum absolute atomic E-state index is 12.3. The normalized spacial score (nSPS) is 30.6. The zero-order chi connectivity index (χ0) is 14.6. The monoisotopic (exact) mass is 293 g/mol. The molecule has 1 heterocycles. The first kappa shape index (κ1) is 16.0. The summed E-state index contributed by atoms with van der Waals surface area (Å²) in [5.74, 6) is 1.25. The van der Waals surface area contributed by atoms with E-state index >= 15 is 0 Å². The number of alkyl halides is 3. The highest BCUT2D eigenvalue weighted by Gasteiger charge is 2.33. The van der Waals surface area contributed by atoms with Gasteiger partial charge in [0, 0.05) is 32.7 Å². The predicted octanol–water partition coefficient (Wildman–Crippen LogP) is 1.93.